The van der Waals surface area contributed by atoms with Crippen LogP contribution in [0, 0.1) is 19.8 Å². The van der Waals surface area contributed by atoms with E-state index < -0.39 is 10.0 Å². The Labute approximate surface area is 127 Å². The zero-order valence-corrected chi connectivity index (χ0v) is 13.6. The van der Waals surface area contributed by atoms with E-state index in [0.717, 1.165) is 37.1 Å². The summed E-state index contributed by atoms with van der Waals surface area (Å²) in [4.78, 5) is 0.391. The van der Waals surface area contributed by atoms with Crippen LogP contribution in [0.1, 0.15) is 24.0 Å². The van der Waals surface area contributed by atoms with Gasteiger partial charge in [-0.3, -0.25) is 0 Å². The van der Waals surface area contributed by atoms with Crippen molar-refractivity contribution in [2.45, 2.75) is 31.6 Å². The molecule has 114 valence electrons. The van der Waals surface area contributed by atoms with E-state index in [-0.39, 0.29) is 12.4 Å². The minimum atomic E-state index is -3.38. The molecule has 0 spiro atoms. The van der Waals surface area contributed by atoms with Gasteiger partial charge in [0.2, 0.25) is 10.0 Å². The molecule has 1 heterocycles. The van der Waals surface area contributed by atoms with E-state index in [2.05, 4.69) is 10.0 Å². The van der Waals surface area contributed by atoms with Crippen LogP contribution in [0.15, 0.2) is 23.1 Å². The summed E-state index contributed by atoms with van der Waals surface area (Å²) in [7, 11) is -3.38. The zero-order valence-electron chi connectivity index (χ0n) is 12.0. The summed E-state index contributed by atoms with van der Waals surface area (Å²) in [5.74, 6) is 0.397. The maximum Gasteiger partial charge on any atom is 0.240 e. The molecule has 4 nitrogen and oxygen atoms in total. The van der Waals surface area contributed by atoms with Crippen LogP contribution in [-0.2, 0) is 10.0 Å². The number of sulfonamides is 1. The normalized spacial score (nSPS) is 19.4. The van der Waals surface area contributed by atoms with Crippen molar-refractivity contribution < 1.29 is 8.42 Å². The smallest absolute Gasteiger partial charge is 0.240 e. The number of aryl methyl sites for hydroxylation is 2. The molecule has 1 aliphatic heterocycles. The first-order valence-electron chi connectivity index (χ1n) is 6.77. The van der Waals surface area contributed by atoms with Crippen molar-refractivity contribution in [2.24, 2.45) is 5.92 Å². The quantitative estimate of drug-likeness (QED) is 0.893. The first-order valence-corrected chi connectivity index (χ1v) is 8.25. The predicted molar refractivity (Wildman–Crippen MR) is 83.9 cm³/mol. The van der Waals surface area contributed by atoms with Gasteiger partial charge in [-0.05, 0) is 57.3 Å². The fourth-order valence-corrected chi connectivity index (χ4v) is 3.84. The molecule has 20 heavy (non-hydrogen) atoms. The molecule has 6 heteroatoms. The lowest BCUT2D eigenvalue weighted by Gasteiger charge is -2.23. The van der Waals surface area contributed by atoms with Crippen LogP contribution in [0.4, 0.5) is 0 Å². The van der Waals surface area contributed by atoms with Gasteiger partial charge in [0, 0.05) is 6.54 Å². The molecule has 0 aliphatic carbocycles. The van der Waals surface area contributed by atoms with Crippen molar-refractivity contribution in [1.29, 1.82) is 0 Å². The number of halogens is 1. The molecule has 0 saturated carbocycles. The molecule has 1 saturated heterocycles. The van der Waals surface area contributed by atoms with Crippen LogP contribution in [-0.4, -0.2) is 28.1 Å². The lowest BCUT2D eigenvalue weighted by atomic mass is 10.0. The Morgan fingerprint density at radius 1 is 1.35 bits per heavy atom. The van der Waals surface area contributed by atoms with Crippen LogP contribution in [0.25, 0.3) is 0 Å². The van der Waals surface area contributed by atoms with Crippen molar-refractivity contribution in [2.75, 3.05) is 19.6 Å². The van der Waals surface area contributed by atoms with Crippen molar-refractivity contribution in [1.82, 2.24) is 10.0 Å². The van der Waals surface area contributed by atoms with Crippen molar-refractivity contribution in [3.8, 4) is 0 Å². The van der Waals surface area contributed by atoms with E-state index >= 15 is 0 Å². The van der Waals surface area contributed by atoms with Gasteiger partial charge in [-0.15, -0.1) is 12.4 Å². The summed E-state index contributed by atoms with van der Waals surface area (Å²) in [6, 6.07) is 5.42. The van der Waals surface area contributed by atoms with Crippen molar-refractivity contribution in [3.05, 3.63) is 29.3 Å². The van der Waals surface area contributed by atoms with E-state index in [1.165, 1.54) is 0 Å². The molecule has 1 aromatic rings. The van der Waals surface area contributed by atoms with E-state index in [9.17, 15) is 8.42 Å². The molecule has 0 aromatic heterocycles. The maximum atomic E-state index is 12.3. The Balaban J connectivity index is 0.00000200. The fourth-order valence-electron chi connectivity index (χ4n) is 2.50. The molecular formula is C14H23ClN2O2S. The van der Waals surface area contributed by atoms with E-state index in [1.807, 2.05) is 26.0 Å². The lowest BCUT2D eigenvalue weighted by Crippen LogP contribution is -2.38. The van der Waals surface area contributed by atoms with Gasteiger partial charge < -0.3 is 5.32 Å². The Morgan fingerprint density at radius 2 is 2.10 bits per heavy atom. The summed E-state index contributed by atoms with van der Waals surface area (Å²) in [6.07, 6.45) is 2.21. The summed E-state index contributed by atoms with van der Waals surface area (Å²) in [6.45, 7) is 6.26. The maximum absolute atomic E-state index is 12.3. The van der Waals surface area contributed by atoms with Gasteiger partial charge in [-0.25, -0.2) is 13.1 Å². The van der Waals surface area contributed by atoms with Crippen LogP contribution < -0.4 is 10.0 Å². The molecule has 1 aromatic carbocycles. The summed E-state index contributed by atoms with van der Waals surface area (Å²) in [5, 5.41) is 3.29. The van der Waals surface area contributed by atoms with Gasteiger partial charge >= 0.3 is 0 Å². The van der Waals surface area contributed by atoms with Crippen LogP contribution >= 0.6 is 12.4 Å². The molecule has 2 rings (SSSR count). The highest BCUT2D eigenvalue weighted by Gasteiger charge is 2.19. The monoisotopic (exact) mass is 318 g/mol. The third-order valence-corrected chi connectivity index (χ3v) is 5.16. The van der Waals surface area contributed by atoms with E-state index in [0.29, 0.717) is 17.4 Å². The summed E-state index contributed by atoms with van der Waals surface area (Å²) < 4.78 is 27.3. The number of rotatable bonds is 4. The third-order valence-electron chi connectivity index (χ3n) is 3.58. The molecular weight excluding hydrogens is 296 g/mol. The highest BCUT2D eigenvalue weighted by atomic mass is 35.5. The van der Waals surface area contributed by atoms with Crippen molar-refractivity contribution >= 4 is 22.4 Å². The van der Waals surface area contributed by atoms with Crippen molar-refractivity contribution in [3.63, 3.8) is 0 Å². The minimum Gasteiger partial charge on any atom is -0.316 e. The molecule has 2 N–H and O–H groups in total. The number of hydrogen-bond acceptors (Lipinski definition) is 3. The second-order valence-electron chi connectivity index (χ2n) is 5.33. The second kappa shape index (κ2) is 7.41. The van der Waals surface area contributed by atoms with Gasteiger partial charge in [-0.2, -0.15) is 0 Å². The largest absolute Gasteiger partial charge is 0.316 e. The lowest BCUT2D eigenvalue weighted by molar-refractivity contribution is 0.376. The molecule has 1 atom stereocenters. The zero-order chi connectivity index (χ0) is 13.9. The average molecular weight is 319 g/mol. The minimum absolute atomic E-state index is 0. The Hall–Kier alpha value is -0.620. The highest BCUT2D eigenvalue weighted by Crippen LogP contribution is 2.17. The standard InChI is InChI=1S/C14H22N2O2S.ClH/c1-11-5-6-14(12(2)8-11)19(17,18)16-10-13-4-3-7-15-9-13;/h5-6,8,13,15-16H,3-4,7,9-10H2,1-2H3;1H. The van der Waals surface area contributed by atoms with Gasteiger partial charge in [0.1, 0.15) is 0 Å². The first-order chi connectivity index (χ1) is 8.99. The number of benzene rings is 1. The molecule has 0 bridgehead atoms. The molecule has 1 fully saturated rings. The van der Waals surface area contributed by atoms with Gasteiger partial charge in [0.25, 0.3) is 0 Å². The summed E-state index contributed by atoms with van der Waals surface area (Å²) in [5.41, 5.74) is 1.88. The molecule has 1 aliphatic rings. The van der Waals surface area contributed by atoms with Crippen LogP contribution in [0.5, 0.6) is 0 Å². The number of piperidine rings is 1. The van der Waals surface area contributed by atoms with Crippen LogP contribution in [0.2, 0.25) is 0 Å². The van der Waals surface area contributed by atoms with Crippen LogP contribution in [0.3, 0.4) is 0 Å². The first kappa shape index (κ1) is 17.4. The summed E-state index contributed by atoms with van der Waals surface area (Å²) >= 11 is 0. The molecule has 1 unspecified atom stereocenters. The van der Waals surface area contributed by atoms with E-state index in [1.54, 1.807) is 6.07 Å². The molecule has 0 radical (unpaired) electrons. The predicted octanol–water partition coefficient (Wildman–Crippen LogP) is 2.00. The van der Waals surface area contributed by atoms with E-state index in [4.69, 9.17) is 0 Å². The van der Waals surface area contributed by atoms with Gasteiger partial charge in [0.05, 0.1) is 4.90 Å². The molecule has 0 amide bonds. The Bertz CT molecular complexity index is 540. The SMILES string of the molecule is Cc1ccc(S(=O)(=O)NCC2CCCNC2)c(C)c1.Cl. The topological polar surface area (TPSA) is 58.2 Å². The number of hydrogen-bond donors (Lipinski definition) is 2. The Kier molecular flexibility index (Phi) is 6.45. The van der Waals surface area contributed by atoms with Gasteiger partial charge in [-0.1, -0.05) is 17.7 Å². The average Bonchev–Trinajstić information content (AvgIpc) is 2.37. The third kappa shape index (κ3) is 4.45. The Morgan fingerprint density at radius 3 is 2.70 bits per heavy atom. The fraction of sp³-hybridized carbons (Fsp3) is 0.571. The number of nitrogens with one attached hydrogen (secondary N) is 2. The second-order valence-corrected chi connectivity index (χ2v) is 7.07. The van der Waals surface area contributed by atoms with Gasteiger partial charge in [0.15, 0.2) is 0 Å². The highest BCUT2D eigenvalue weighted by molar-refractivity contribution is 7.89.